The molecule has 1 rings (SSSR count). The number of nitrogens with one attached hydrogen (secondary N) is 1. The Morgan fingerprint density at radius 1 is 0.897 bits per heavy atom. The lowest BCUT2D eigenvalue weighted by Crippen LogP contribution is -2.38. The monoisotopic (exact) mass is 407 g/mol. The van der Waals surface area contributed by atoms with E-state index in [9.17, 15) is 19.9 Å². The number of carbonyl (C=O) groups is 2. The summed E-state index contributed by atoms with van der Waals surface area (Å²) >= 11 is 0. The normalized spacial score (nSPS) is 11.9. The third-order valence-corrected chi connectivity index (χ3v) is 5.02. The zero-order valence-electron chi connectivity index (χ0n) is 17.7. The van der Waals surface area contributed by atoms with Crippen molar-refractivity contribution in [1.82, 2.24) is 5.48 Å². The Kier molecular flexibility index (Phi) is 13.8. The molecule has 3 N–H and O–H groups in total. The van der Waals surface area contributed by atoms with E-state index in [0.717, 1.165) is 18.4 Å². The van der Waals surface area contributed by atoms with Crippen LogP contribution in [0.5, 0.6) is 5.75 Å². The maximum Gasteiger partial charge on any atom is 0.333 e. The summed E-state index contributed by atoms with van der Waals surface area (Å²) in [4.78, 5) is 23.9. The maximum atomic E-state index is 12.0. The molecular weight excluding hydrogens is 370 g/mol. The van der Waals surface area contributed by atoms with Crippen molar-refractivity contribution < 1.29 is 24.6 Å². The fourth-order valence-electron chi connectivity index (χ4n) is 3.22. The number of benzene rings is 1. The second-order valence-corrected chi connectivity index (χ2v) is 7.63. The van der Waals surface area contributed by atoms with Crippen LogP contribution in [-0.2, 0) is 20.7 Å². The van der Waals surface area contributed by atoms with E-state index in [0.29, 0.717) is 6.42 Å². The Bertz CT molecular complexity index is 573. The van der Waals surface area contributed by atoms with Gasteiger partial charge in [-0.15, -0.1) is 0 Å². The van der Waals surface area contributed by atoms with E-state index in [-0.39, 0.29) is 18.6 Å². The molecule has 6 heteroatoms. The standard InChI is InChI=1S/C23H37NO5/c1-2-3-4-5-6-7-8-9-10-11-12-13-22(26)29-23(27)21(24-28)18-19-14-16-20(25)17-15-19/h14-17,21,24-25,28H,2-13,18H2,1H3/t21-/m0/s1. The first-order valence-corrected chi connectivity index (χ1v) is 11.0. The van der Waals surface area contributed by atoms with Crippen molar-refractivity contribution in [2.75, 3.05) is 0 Å². The zero-order valence-corrected chi connectivity index (χ0v) is 17.7. The smallest absolute Gasteiger partial charge is 0.333 e. The highest BCUT2D eigenvalue weighted by Crippen LogP contribution is 2.13. The van der Waals surface area contributed by atoms with Gasteiger partial charge in [-0.2, -0.15) is 5.48 Å². The van der Waals surface area contributed by atoms with Crippen LogP contribution in [0.2, 0.25) is 0 Å². The largest absolute Gasteiger partial charge is 0.508 e. The fourth-order valence-corrected chi connectivity index (χ4v) is 3.22. The van der Waals surface area contributed by atoms with Crippen molar-refractivity contribution in [3.63, 3.8) is 0 Å². The topological polar surface area (TPSA) is 95.9 Å². The summed E-state index contributed by atoms with van der Waals surface area (Å²) in [5, 5.41) is 18.5. The summed E-state index contributed by atoms with van der Waals surface area (Å²) in [6.07, 6.45) is 13.5. The molecule has 0 spiro atoms. The Morgan fingerprint density at radius 3 is 1.93 bits per heavy atom. The number of hydrogen-bond donors (Lipinski definition) is 3. The van der Waals surface area contributed by atoms with E-state index < -0.39 is 18.0 Å². The molecule has 164 valence electrons. The lowest BCUT2D eigenvalue weighted by atomic mass is 10.1. The molecule has 0 saturated carbocycles. The van der Waals surface area contributed by atoms with Gasteiger partial charge in [-0.1, -0.05) is 83.3 Å². The van der Waals surface area contributed by atoms with Gasteiger partial charge in [0.2, 0.25) is 0 Å². The fraction of sp³-hybridized carbons (Fsp3) is 0.652. The number of hydroxylamine groups is 1. The number of aromatic hydroxyl groups is 1. The van der Waals surface area contributed by atoms with Gasteiger partial charge in [0.15, 0.2) is 0 Å². The molecule has 6 nitrogen and oxygen atoms in total. The quantitative estimate of drug-likeness (QED) is 0.154. The van der Waals surface area contributed by atoms with E-state index in [1.54, 1.807) is 12.1 Å². The molecule has 1 atom stereocenters. The Balaban J connectivity index is 2.10. The number of rotatable bonds is 16. The van der Waals surface area contributed by atoms with Crippen molar-refractivity contribution >= 4 is 11.9 Å². The predicted molar refractivity (Wildman–Crippen MR) is 113 cm³/mol. The highest BCUT2D eigenvalue weighted by molar-refractivity contribution is 5.88. The number of carbonyl (C=O) groups excluding carboxylic acids is 2. The molecule has 1 aromatic rings. The van der Waals surface area contributed by atoms with Crippen molar-refractivity contribution in [2.45, 2.75) is 96.4 Å². The molecule has 0 radical (unpaired) electrons. The second-order valence-electron chi connectivity index (χ2n) is 7.63. The van der Waals surface area contributed by atoms with Crippen LogP contribution in [0.1, 0.15) is 89.5 Å². The molecule has 1 aromatic carbocycles. The lowest BCUT2D eigenvalue weighted by Gasteiger charge is -2.13. The van der Waals surface area contributed by atoms with E-state index in [2.05, 4.69) is 6.92 Å². The second kappa shape index (κ2) is 15.9. The first-order valence-electron chi connectivity index (χ1n) is 11.0. The zero-order chi connectivity index (χ0) is 21.3. The first-order chi connectivity index (χ1) is 14.1. The van der Waals surface area contributed by atoms with E-state index in [4.69, 9.17) is 4.74 Å². The van der Waals surface area contributed by atoms with Gasteiger partial charge in [-0.05, 0) is 24.1 Å². The lowest BCUT2D eigenvalue weighted by molar-refractivity contribution is -0.162. The molecule has 0 aliphatic heterocycles. The van der Waals surface area contributed by atoms with Crippen molar-refractivity contribution in [3.8, 4) is 5.75 Å². The molecule has 0 bridgehead atoms. The maximum absolute atomic E-state index is 12.0. The number of ether oxygens (including phenoxy) is 1. The van der Waals surface area contributed by atoms with Crippen LogP contribution < -0.4 is 5.48 Å². The van der Waals surface area contributed by atoms with Crippen molar-refractivity contribution in [1.29, 1.82) is 0 Å². The average Bonchev–Trinajstić information content (AvgIpc) is 2.71. The van der Waals surface area contributed by atoms with Gasteiger partial charge in [-0.3, -0.25) is 4.79 Å². The molecule has 0 amide bonds. The molecule has 0 unspecified atom stereocenters. The van der Waals surface area contributed by atoms with Gasteiger partial charge in [0, 0.05) is 12.8 Å². The number of unbranched alkanes of at least 4 members (excludes halogenated alkanes) is 10. The summed E-state index contributed by atoms with van der Waals surface area (Å²) in [5.74, 6) is -1.24. The molecular formula is C23H37NO5. The summed E-state index contributed by atoms with van der Waals surface area (Å²) in [7, 11) is 0. The molecule has 0 aromatic heterocycles. The van der Waals surface area contributed by atoms with Gasteiger partial charge in [-0.25, -0.2) is 4.79 Å². The van der Waals surface area contributed by atoms with E-state index in [1.165, 1.54) is 63.5 Å². The Hall–Kier alpha value is -1.92. The van der Waals surface area contributed by atoms with Crippen LogP contribution in [0, 0.1) is 0 Å². The highest BCUT2D eigenvalue weighted by Gasteiger charge is 2.22. The Morgan fingerprint density at radius 2 is 1.41 bits per heavy atom. The number of phenolic OH excluding ortho intramolecular Hbond substituents is 1. The number of esters is 2. The van der Waals surface area contributed by atoms with E-state index >= 15 is 0 Å². The van der Waals surface area contributed by atoms with Gasteiger partial charge in [0.25, 0.3) is 0 Å². The van der Waals surface area contributed by atoms with E-state index in [1.807, 2.05) is 5.48 Å². The molecule has 0 aliphatic carbocycles. The third-order valence-electron chi connectivity index (χ3n) is 5.02. The van der Waals surface area contributed by atoms with Gasteiger partial charge in [0.1, 0.15) is 11.8 Å². The van der Waals surface area contributed by atoms with Gasteiger partial charge < -0.3 is 15.1 Å². The molecule has 29 heavy (non-hydrogen) atoms. The SMILES string of the molecule is CCCCCCCCCCCCCC(=O)OC(=O)[C@H](Cc1ccc(O)cc1)NO. The van der Waals surface area contributed by atoms with Crippen molar-refractivity contribution in [3.05, 3.63) is 29.8 Å². The summed E-state index contributed by atoms with van der Waals surface area (Å²) in [6.45, 7) is 2.23. The molecule has 0 aliphatic rings. The predicted octanol–water partition coefficient (Wildman–Crippen LogP) is 5.05. The minimum Gasteiger partial charge on any atom is -0.508 e. The van der Waals surface area contributed by atoms with Crippen LogP contribution in [0.25, 0.3) is 0 Å². The summed E-state index contributed by atoms with van der Waals surface area (Å²) < 4.78 is 4.84. The minimum atomic E-state index is -1.03. The van der Waals surface area contributed by atoms with Gasteiger partial charge in [0.05, 0.1) is 0 Å². The number of hydrogen-bond acceptors (Lipinski definition) is 6. The number of phenols is 1. The molecule has 0 fully saturated rings. The van der Waals surface area contributed by atoms with Crippen LogP contribution in [0.3, 0.4) is 0 Å². The molecule has 0 saturated heterocycles. The van der Waals surface area contributed by atoms with Gasteiger partial charge >= 0.3 is 11.9 Å². The van der Waals surface area contributed by atoms with Crippen LogP contribution in [0.15, 0.2) is 24.3 Å². The van der Waals surface area contributed by atoms with Crippen LogP contribution in [0.4, 0.5) is 0 Å². The van der Waals surface area contributed by atoms with Crippen molar-refractivity contribution in [2.24, 2.45) is 0 Å². The summed E-state index contributed by atoms with van der Waals surface area (Å²) in [6, 6.07) is 5.24. The Labute approximate surface area is 174 Å². The average molecular weight is 408 g/mol. The first kappa shape index (κ1) is 25.1. The summed E-state index contributed by atoms with van der Waals surface area (Å²) in [5.41, 5.74) is 2.62. The van der Waals surface area contributed by atoms with Crippen LogP contribution in [-0.4, -0.2) is 28.3 Å². The highest BCUT2D eigenvalue weighted by atomic mass is 16.6. The minimum absolute atomic E-state index is 0.118. The van der Waals surface area contributed by atoms with Crippen LogP contribution >= 0.6 is 0 Å². The molecule has 0 heterocycles. The third kappa shape index (κ3) is 12.3.